The number of nitrogens with one attached hydrogen (secondary N) is 2. The lowest BCUT2D eigenvalue weighted by atomic mass is 10.2. The highest BCUT2D eigenvalue weighted by atomic mass is 127. The zero-order valence-corrected chi connectivity index (χ0v) is 15.0. The van der Waals surface area contributed by atoms with Gasteiger partial charge in [-0.25, -0.2) is 4.99 Å². The van der Waals surface area contributed by atoms with Crippen molar-refractivity contribution in [1.82, 2.24) is 25.4 Å². The Morgan fingerprint density at radius 1 is 1.40 bits per heavy atom. The smallest absolute Gasteiger partial charge is 0.191 e. The lowest BCUT2D eigenvalue weighted by Gasteiger charge is -2.12. The largest absolute Gasteiger partial charge is 0.356 e. The Morgan fingerprint density at radius 2 is 2.10 bits per heavy atom. The summed E-state index contributed by atoms with van der Waals surface area (Å²) in [5.41, 5.74) is 0. The molecule has 1 rings (SSSR count). The average molecular weight is 392 g/mol. The van der Waals surface area contributed by atoms with Crippen LogP contribution in [0.2, 0.25) is 0 Å². The Bertz CT molecular complexity index is 438. The zero-order chi connectivity index (χ0) is 14.3. The van der Waals surface area contributed by atoms with Crippen LogP contribution in [0.3, 0.4) is 0 Å². The Kier molecular flexibility index (Phi) is 9.19. The van der Waals surface area contributed by atoms with Crippen LogP contribution in [-0.2, 0) is 13.6 Å². The predicted molar refractivity (Wildman–Crippen MR) is 93.3 cm³/mol. The van der Waals surface area contributed by atoms with Gasteiger partial charge in [0.2, 0.25) is 0 Å². The molecule has 0 saturated carbocycles. The summed E-state index contributed by atoms with van der Waals surface area (Å²) in [6, 6.07) is 0. The van der Waals surface area contributed by atoms with Crippen molar-refractivity contribution in [2.75, 3.05) is 13.1 Å². The van der Waals surface area contributed by atoms with Gasteiger partial charge in [-0.2, -0.15) is 0 Å². The summed E-state index contributed by atoms with van der Waals surface area (Å²) >= 11 is 0. The topological polar surface area (TPSA) is 67.1 Å². The minimum atomic E-state index is 0. The molecule has 0 aromatic carbocycles. The van der Waals surface area contributed by atoms with E-state index in [9.17, 15) is 0 Å². The lowest BCUT2D eigenvalue weighted by molar-refractivity contribution is 0.615. The number of aliphatic imine (C=N–C) groups is 1. The number of rotatable bonds is 6. The van der Waals surface area contributed by atoms with Gasteiger partial charge in [-0.15, -0.1) is 40.8 Å². The van der Waals surface area contributed by atoms with Crippen molar-refractivity contribution in [2.45, 2.75) is 27.3 Å². The van der Waals surface area contributed by atoms with Gasteiger partial charge in [-0.1, -0.05) is 19.9 Å². The molecule has 0 atom stereocenters. The van der Waals surface area contributed by atoms with Crippen LogP contribution in [-0.4, -0.2) is 33.8 Å². The number of halogens is 1. The second-order valence-corrected chi connectivity index (χ2v) is 4.83. The first-order valence-electron chi connectivity index (χ1n) is 6.52. The Balaban J connectivity index is 0.00000361. The number of hydrogen-bond acceptors (Lipinski definition) is 3. The standard InChI is InChI=1S/C13H24N6.HI/c1-6-7-14-13(15-8-10(2)3)16-9-12-18-17-11(4)19(12)5;/h6,10H,1,7-9H2,2-5H3,(H2,14,15,16);1H. The van der Waals surface area contributed by atoms with E-state index in [-0.39, 0.29) is 24.0 Å². The van der Waals surface area contributed by atoms with Crippen LogP contribution in [0.25, 0.3) is 0 Å². The minimum absolute atomic E-state index is 0. The van der Waals surface area contributed by atoms with E-state index in [2.05, 4.69) is 46.2 Å². The molecule has 20 heavy (non-hydrogen) atoms. The van der Waals surface area contributed by atoms with Crippen LogP contribution in [0.15, 0.2) is 17.6 Å². The van der Waals surface area contributed by atoms with Crippen LogP contribution < -0.4 is 10.6 Å². The van der Waals surface area contributed by atoms with Crippen molar-refractivity contribution in [2.24, 2.45) is 18.0 Å². The summed E-state index contributed by atoms with van der Waals surface area (Å²) in [5, 5.41) is 14.6. The third kappa shape index (κ3) is 6.36. The molecule has 1 aromatic rings. The minimum Gasteiger partial charge on any atom is -0.356 e. The quantitative estimate of drug-likeness (QED) is 0.334. The van der Waals surface area contributed by atoms with Gasteiger partial charge in [0.05, 0.1) is 0 Å². The summed E-state index contributed by atoms with van der Waals surface area (Å²) < 4.78 is 1.94. The second-order valence-electron chi connectivity index (χ2n) is 4.83. The molecule has 6 nitrogen and oxygen atoms in total. The van der Waals surface area contributed by atoms with E-state index < -0.39 is 0 Å². The Morgan fingerprint density at radius 3 is 2.60 bits per heavy atom. The molecule has 0 saturated heterocycles. The molecule has 0 radical (unpaired) electrons. The molecule has 0 unspecified atom stereocenters. The summed E-state index contributed by atoms with van der Waals surface area (Å²) in [7, 11) is 1.94. The van der Waals surface area contributed by atoms with E-state index in [0.29, 0.717) is 19.0 Å². The van der Waals surface area contributed by atoms with E-state index in [1.54, 1.807) is 6.08 Å². The first-order chi connectivity index (χ1) is 9.04. The van der Waals surface area contributed by atoms with Crippen molar-refractivity contribution >= 4 is 29.9 Å². The molecule has 114 valence electrons. The average Bonchev–Trinajstić information content (AvgIpc) is 2.69. The lowest BCUT2D eigenvalue weighted by Crippen LogP contribution is -2.39. The molecular weight excluding hydrogens is 367 g/mol. The SMILES string of the molecule is C=CCNC(=NCc1nnc(C)n1C)NCC(C)C.I. The van der Waals surface area contributed by atoms with Gasteiger partial charge in [-0.05, 0) is 12.8 Å². The number of nitrogens with zero attached hydrogens (tertiary/aromatic N) is 4. The van der Waals surface area contributed by atoms with Crippen molar-refractivity contribution < 1.29 is 0 Å². The molecule has 1 aromatic heterocycles. The normalized spacial score (nSPS) is 11.2. The summed E-state index contributed by atoms with van der Waals surface area (Å²) in [4.78, 5) is 4.50. The highest BCUT2D eigenvalue weighted by Gasteiger charge is 2.05. The fraction of sp³-hybridized carbons (Fsp3) is 0.615. The fourth-order valence-corrected chi connectivity index (χ4v) is 1.38. The van der Waals surface area contributed by atoms with Gasteiger partial charge in [-0.3, -0.25) is 0 Å². The monoisotopic (exact) mass is 392 g/mol. The molecule has 0 fully saturated rings. The predicted octanol–water partition coefficient (Wildman–Crippen LogP) is 1.62. The maximum absolute atomic E-state index is 4.50. The van der Waals surface area contributed by atoms with E-state index >= 15 is 0 Å². The second kappa shape index (κ2) is 9.73. The van der Waals surface area contributed by atoms with Crippen LogP contribution in [0, 0.1) is 12.8 Å². The third-order valence-corrected chi connectivity index (χ3v) is 2.65. The molecular formula is C13H25IN6. The maximum atomic E-state index is 4.50. The fourth-order valence-electron chi connectivity index (χ4n) is 1.38. The molecule has 0 aliphatic rings. The Hall–Kier alpha value is -1.12. The molecule has 7 heteroatoms. The molecule has 0 bridgehead atoms. The zero-order valence-electron chi connectivity index (χ0n) is 12.7. The van der Waals surface area contributed by atoms with E-state index in [1.165, 1.54) is 0 Å². The Labute approximate surface area is 138 Å². The first-order valence-corrected chi connectivity index (χ1v) is 6.52. The van der Waals surface area contributed by atoms with Gasteiger partial charge in [0.15, 0.2) is 11.8 Å². The summed E-state index contributed by atoms with van der Waals surface area (Å²) in [6.07, 6.45) is 1.80. The van der Waals surface area contributed by atoms with Gasteiger partial charge in [0.1, 0.15) is 12.4 Å². The van der Waals surface area contributed by atoms with Crippen molar-refractivity contribution in [3.8, 4) is 0 Å². The number of aromatic nitrogens is 3. The van der Waals surface area contributed by atoms with E-state index in [4.69, 9.17) is 0 Å². The van der Waals surface area contributed by atoms with Crippen LogP contribution in [0.4, 0.5) is 0 Å². The molecule has 0 aliphatic heterocycles. The van der Waals surface area contributed by atoms with Gasteiger partial charge >= 0.3 is 0 Å². The van der Waals surface area contributed by atoms with Crippen molar-refractivity contribution in [3.05, 3.63) is 24.3 Å². The maximum Gasteiger partial charge on any atom is 0.191 e. The molecule has 0 amide bonds. The highest BCUT2D eigenvalue weighted by Crippen LogP contribution is 1.99. The number of guanidine groups is 1. The number of hydrogen-bond donors (Lipinski definition) is 2. The van der Waals surface area contributed by atoms with Crippen molar-refractivity contribution in [3.63, 3.8) is 0 Å². The van der Waals surface area contributed by atoms with E-state index in [0.717, 1.165) is 24.2 Å². The highest BCUT2D eigenvalue weighted by molar-refractivity contribution is 14.0. The van der Waals surface area contributed by atoms with Crippen LogP contribution in [0.5, 0.6) is 0 Å². The molecule has 0 spiro atoms. The molecule has 0 aliphatic carbocycles. The number of aryl methyl sites for hydroxylation is 1. The molecule has 2 N–H and O–H groups in total. The van der Waals surface area contributed by atoms with E-state index in [1.807, 2.05) is 18.5 Å². The first kappa shape index (κ1) is 18.9. The van der Waals surface area contributed by atoms with Gasteiger partial charge in [0, 0.05) is 20.1 Å². The van der Waals surface area contributed by atoms with Crippen molar-refractivity contribution in [1.29, 1.82) is 0 Å². The van der Waals surface area contributed by atoms with Crippen LogP contribution >= 0.6 is 24.0 Å². The summed E-state index contributed by atoms with van der Waals surface area (Å²) in [6.45, 7) is 12.0. The summed E-state index contributed by atoms with van der Waals surface area (Å²) in [5.74, 6) is 3.07. The molecule has 1 heterocycles. The van der Waals surface area contributed by atoms with Gasteiger partial charge < -0.3 is 15.2 Å². The van der Waals surface area contributed by atoms with Gasteiger partial charge in [0.25, 0.3) is 0 Å². The third-order valence-electron chi connectivity index (χ3n) is 2.65. The van der Waals surface area contributed by atoms with Crippen LogP contribution in [0.1, 0.15) is 25.5 Å².